The number of aliphatic carboxylic acids is 1. The first-order valence-electron chi connectivity index (χ1n) is 6.50. The van der Waals surface area contributed by atoms with Crippen molar-refractivity contribution in [2.75, 3.05) is 19.6 Å². The number of carboxylic acids is 1. The minimum atomic E-state index is -0.755. The average molecular weight is 254 g/mol. The molecule has 2 amide bonds. The second-order valence-corrected chi connectivity index (χ2v) is 4.70. The maximum atomic E-state index is 11.8. The Kier molecular flexibility index (Phi) is 6.25. The summed E-state index contributed by atoms with van der Waals surface area (Å²) in [5.74, 6) is -0.755. The van der Waals surface area contributed by atoms with E-state index in [0.717, 1.165) is 25.8 Å². The Balaban J connectivity index is 2.07. The van der Waals surface area contributed by atoms with E-state index in [1.165, 1.54) is 5.57 Å². The van der Waals surface area contributed by atoms with Gasteiger partial charge in [-0.3, -0.25) is 4.79 Å². The quantitative estimate of drug-likeness (QED) is 0.562. The van der Waals surface area contributed by atoms with Gasteiger partial charge in [0.05, 0.1) is 0 Å². The molecule has 0 aromatic carbocycles. The fourth-order valence-electron chi connectivity index (χ4n) is 1.97. The predicted octanol–water partition coefficient (Wildman–Crippen LogP) is 1.99. The largest absolute Gasteiger partial charge is 0.481 e. The second kappa shape index (κ2) is 7.74. The summed E-state index contributed by atoms with van der Waals surface area (Å²) in [5.41, 5.74) is 1.23. The molecular formula is C13H22N2O3. The lowest BCUT2D eigenvalue weighted by atomic mass is 10.1. The minimum Gasteiger partial charge on any atom is -0.481 e. The lowest BCUT2D eigenvalue weighted by Gasteiger charge is -2.26. The van der Waals surface area contributed by atoms with Gasteiger partial charge in [-0.2, -0.15) is 0 Å². The van der Waals surface area contributed by atoms with Crippen LogP contribution in [0.4, 0.5) is 4.79 Å². The highest BCUT2D eigenvalue weighted by atomic mass is 16.4. The number of hydrogen-bond donors (Lipinski definition) is 2. The Hall–Kier alpha value is -1.52. The first-order chi connectivity index (χ1) is 8.59. The molecule has 0 saturated carbocycles. The molecule has 0 atom stereocenters. The van der Waals surface area contributed by atoms with E-state index < -0.39 is 5.97 Å². The highest BCUT2D eigenvalue weighted by molar-refractivity contribution is 5.74. The molecule has 102 valence electrons. The molecule has 1 aliphatic heterocycles. The molecule has 0 aliphatic carbocycles. The number of nitrogens with zero attached hydrogens (tertiary/aromatic N) is 1. The van der Waals surface area contributed by atoms with E-state index in [4.69, 9.17) is 5.11 Å². The number of urea groups is 1. The van der Waals surface area contributed by atoms with Crippen molar-refractivity contribution in [2.45, 2.75) is 39.0 Å². The Morgan fingerprint density at radius 3 is 2.83 bits per heavy atom. The normalized spacial score (nSPS) is 15.2. The smallest absolute Gasteiger partial charge is 0.317 e. The molecule has 0 aromatic heterocycles. The van der Waals surface area contributed by atoms with Crippen LogP contribution in [-0.2, 0) is 4.79 Å². The number of unbranched alkanes of at least 4 members (excludes halogenated alkanes) is 2. The fraction of sp³-hybridized carbons (Fsp3) is 0.692. The third-order valence-electron chi connectivity index (χ3n) is 2.96. The number of carboxylic acid groups (broad SMARTS) is 1. The molecule has 1 aliphatic rings. The summed E-state index contributed by atoms with van der Waals surface area (Å²) in [7, 11) is 0. The summed E-state index contributed by atoms with van der Waals surface area (Å²) in [4.78, 5) is 23.9. The molecule has 18 heavy (non-hydrogen) atoms. The summed E-state index contributed by atoms with van der Waals surface area (Å²) in [6.07, 6.45) is 5.65. The van der Waals surface area contributed by atoms with Gasteiger partial charge in [0.15, 0.2) is 0 Å². The molecule has 0 fully saturated rings. The van der Waals surface area contributed by atoms with Gasteiger partial charge in [-0.25, -0.2) is 4.79 Å². The molecule has 1 rings (SSSR count). The summed E-state index contributed by atoms with van der Waals surface area (Å²) in [5, 5.41) is 11.3. The summed E-state index contributed by atoms with van der Waals surface area (Å²) < 4.78 is 0. The maximum Gasteiger partial charge on any atom is 0.317 e. The van der Waals surface area contributed by atoms with Crippen molar-refractivity contribution in [3.05, 3.63) is 11.6 Å². The number of rotatable bonds is 6. The molecule has 0 radical (unpaired) electrons. The highest BCUT2D eigenvalue weighted by Crippen LogP contribution is 2.08. The first kappa shape index (κ1) is 14.5. The Bertz CT molecular complexity index is 326. The number of nitrogens with one attached hydrogen (secondary N) is 1. The maximum absolute atomic E-state index is 11.8. The molecule has 0 saturated heterocycles. The van der Waals surface area contributed by atoms with Gasteiger partial charge in [-0.1, -0.05) is 18.1 Å². The summed E-state index contributed by atoms with van der Waals surface area (Å²) >= 11 is 0. The van der Waals surface area contributed by atoms with Crippen LogP contribution in [0.1, 0.15) is 39.0 Å². The van der Waals surface area contributed by atoms with E-state index >= 15 is 0 Å². The van der Waals surface area contributed by atoms with Crippen molar-refractivity contribution in [2.24, 2.45) is 0 Å². The molecule has 1 heterocycles. The van der Waals surface area contributed by atoms with E-state index in [2.05, 4.69) is 11.4 Å². The van der Waals surface area contributed by atoms with Crippen LogP contribution in [0, 0.1) is 0 Å². The molecule has 2 N–H and O–H groups in total. The van der Waals surface area contributed by atoms with Crippen molar-refractivity contribution in [1.82, 2.24) is 10.2 Å². The van der Waals surface area contributed by atoms with E-state index in [1.807, 2.05) is 11.8 Å². The SMILES string of the molecule is CC1=CCCN(C(=O)NCCCCCC(=O)O)C1. The lowest BCUT2D eigenvalue weighted by molar-refractivity contribution is -0.137. The second-order valence-electron chi connectivity index (χ2n) is 4.70. The van der Waals surface area contributed by atoms with Gasteiger partial charge in [-0.05, 0) is 26.2 Å². The third kappa shape index (κ3) is 5.70. The van der Waals surface area contributed by atoms with Crippen molar-refractivity contribution in [3.63, 3.8) is 0 Å². The number of carbonyl (C=O) groups is 2. The van der Waals surface area contributed by atoms with Crippen LogP contribution in [0.5, 0.6) is 0 Å². The van der Waals surface area contributed by atoms with Crippen LogP contribution in [0.15, 0.2) is 11.6 Å². The average Bonchev–Trinajstić information content (AvgIpc) is 2.33. The molecule has 0 spiro atoms. The minimum absolute atomic E-state index is 0.0133. The van der Waals surface area contributed by atoms with Gasteiger partial charge >= 0.3 is 12.0 Å². The number of hydrogen-bond acceptors (Lipinski definition) is 2. The van der Waals surface area contributed by atoms with Gasteiger partial charge < -0.3 is 15.3 Å². The standard InChI is InChI=1S/C13H22N2O3/c1-11-6-5-9-15(10-11)13(18)14-8-4-2-3-7-12(16)17/h6H,2-5,7-10H2,1H3,(H,14,18)(H,16,17). The molecule has 5 nitrogen and oxygen atoms in total. The Morgan fingerprint density at radius 1 is 1.39 bits per heavy atom. The zero-order chi connectivity index (χ0) is 13.4. The molecule has 0 bridgehead atoms. The molecule has 0 unspecified atom stereocenters. The van der Waals surface area contributed by atoms with Crippen LogP contribution < -0.4 is 5.32 Å². The van der Waals surface area contributed by atoms with Gasteiger partial charge in [-0.15, -0.1) is 0 Å². The van der Waals surface area contributed by atoms with Crippen LogP contribution in [0.25, 0.3) is 0 Å². The molecule has 0 aromatic rings. The highest BCUT2D eigenvalue weighted by Gasteiger charge is 2.15. The lowest BCUT2D eigenvalue weighted by Crippen LogP contribution is -2.42. The zero-order valence-electron chi connectivity index (χ0n) is 10.9. The number of carbonyl (C=O) groups excluding carboxylic acids is 1. The predicted molar refractivity (Wildman–Crippen MR) is 69.4 cm³/mol. The van der Waals surface area contributed by atoms with Crippen molar-refractivity contribution >= 4 is 12.0 Å². The van der Waals surface area contributed by atoms with Crippen molar-refractivity contribution in [3.8, 4) is 0 Å². The van der Waals surface area contributed by atoms with E-state index in [-0.39, 0.29) is 12.5 Å². The van der Waals surface area contributed by atoms with E-state index in [9.17, 15) is 9.59 Å². The van der Waals surface area contributed by atoms with Gasteiger partial charge in [0, 0.05) is 26.1 Å². The first-order valence-corrected chi connectivity index (χ1v) is 6.50. The van der Waals surface area contributed by atoms with E-state index in [0.29, 0.717) is 19.5 Å². The van der Waals surface area contributed by atoms with Crippen LogP contribution >= 0.6 is 0 Å². The summed E-state index contributed by atoms with van der Waals surface area (Å²) in [6.45, 7) is 4.15. The Labute approximate surface area is 108 Å². The van der Waals surface area contributed by atoms with E-state index in [1.54, 1.807) is 0 Å². The third-order valence-corrected chi connectivity index (χ3v) is 2.96. The van der Waals surface area contributed by atoms with Crippen molar-refractivity contribution < 1.29 is 14.7 Å². The van der Waals surface area contributed by atoms with Crippen LogP contribution in [0.3, 0.4) is 0 Å². The monoisotopic (exact) mass is 254 g/mol. The molecule has 5 heteroatoms. The van der Waals surface area contributed by atoms with Crippen LogP contribution in [-0.4, -0.2) is 41.6 Å². The summed E-state index contributed by atoms with van der Waals surface area (Å²) in [6, 6.07) is -0.0133. The van der Waals surface area contributed by atoms with Gasteiger partial charge in [0.25, 0.3) is 0 Å². The van der Waals surface area contributed by atoms with Gasteiger partial charge in [0.1, 0.15) is 0 Å². The van der Waals surface area contributed by atoms with Crippen LogP contribution in [0.2, 0.25) is 0 Å². The topological polar surface area (TPSA) is 69.6 Å². The van der Waals surface area contributed by atoms with Gasteiger partial charge in [0.2, 0.25) is 0 Å². The number of amides is 2. The van der Waals surface area contributed by atoms with Crippen molar-refractivity contribution in [1.29, 1.82) is 0 Å². The Morgan fingerprint density at radius 2 is 2.17 bits per heavy atom. The zero-order valence-corrected chi connectivity index (χ0v) is 10.9. The fourth-order valence-corrected chi connectivity index (χ4v) is 1.97. The molecular weight excluding hydrogens is 232 g/mol.